The van der Waals surface area contributed by atoms with E-state index >= 15 is 0 Å². The second-order valence-electron chi connectivity index (χ2n) is 5.58. The van der Waals surface area contributed by atoms with E-state index in [2.05, 4.69) is 31.1 Å². The lowest BCUT2D eigenvalue weighted by molar-refractivity contribution is 0.225. The summed E-state index contributed by atoms with van der Waals surface area (Å²) in [5, 5.41) is 4.87. The number of rotatable bonds is 1. The van der Waals surface area contributed by atoms with Gasteiger partial charge in [-0.15, -0.1) is 0 Å². The van der Waals surface area contributed by atoms with Crippen molar-refractivity contribution in [3.63, 3.8) is 0 Å². The first-order valence-electron chi connectivity index (χ1n) is 6.60. The molecule has 4 atom stereocenters. The van der Waals surface area contributed by atoms with Gasteiger partial charge >= 0.3 is 0 Å². The van der Waals surface area contributed by atoms with E-state index in [4.69, 9.17) is 0 Å². The second-order valence-corrected chi connectivity index (χ2v) is 6.59. The van der Waals surface area contributed by atoms with Crippen LogP contribution >= 0.6 is 11.8 Å². The zero-order chi connectivity index (χ0) is 11.5. The van der Waals surface area contributed by atoms with Gasteiger partial charge in [0.2, 0.25) is 0 Å². The van der Waals surface area contributed by atoms with Crippen molar-refractivity contribution >= 4 is 16.9 Å². The molecule has 1 aliphatic carbocycles. The number of aliphatic imine (C=N–C) groups is 1. The molecule has 16 heavy (non-hydrogen) atoms. The van der Waals surface area contributed by atoms with Gasteiger partial charge in [-0.3, -0.25) is 4.99 Å². The monoisotopic (exact) mass is 240 g/mol. The van der Waals surface area contributed by atoms with E-state index in [9.17, 15) is 0 Å². The number of hydrogen-bond donors (Lipinski definition) is 1. The zero-order valence-electron chi connectivity index (χ0n) is 10.7. The molecule has 0 aromatic heterocycles. The van der Waals surface area contributed by atoms with Crippen molar-refractivity contribution in [1.29, 1.82) is 0 Å². The molecule has 0 saturated heterocycles. The Bertz CT molecular complexity index is 265. The molecule has 2 rings (SSSR count). The highest BCUT2D eigenvalue weighted by atomic mass is 32.2. The number of nitrogens with one attached hydrogen (secondary N) is 1. The van der Waals surface area contributed by atoms with Crippen LogP contribution in [0.25, 0.3) is 0 Å². The third-order valence-corrected chi connectivity index (χ3v) is 5.32. The minimum absolute atomic E-state index is 0.656. The summed E-state index contributed by atoms with van der Waals surface area (Å²) in [7, 11) is 0. The molecule has 0 radical (unpaired) electrons. The van der Waals surface area contributed by atoms with Gasteiger partial charge in [-0.2, -0.15) is 0 Å². The first-order chi connectivity index (χ1) is 7.66. The molecule has 0 amide bonds. The molecule has 0 bridgehead atoms. The topological polar surface area (TPSA) is 24.4 Å². The largest absolute Gasteiger partial charge is 0.362 e. The zero-order valence-corrected chi connectivity index (χ0v) is 11.5. The lowest BCUT2D eigenvalue weighted by Gasteiger charge is -2.36. The molecular weight excluding hydrogens is 216 g/mol. The van der Waals surface area contributed by atoms with E-state index in [0.717, 1.165) is 24.3 Å². The Labute approximate surface area is 104 Å². The lowest BCUT2D eigenvalue weighted by Crippen LogP contribution is -2.43. The summed E-state index contributed by atoms with van der Waals surface area (Å²) < 4.78 is 0. The molecule has 4 unspecified atom stereocenters. The molecule has 2 nitrogen and oxygen atoms in total. The number of amidine groups is 1. The van der Waals surface area contributed by atoms with Crippen molar-refractivity contribution in [2.24, 2.45) is 22.7 Å². The molecule has 3 heteroatoms. The van der Waals surface area contributed by atoms with Crippen LogP contribution in [0.3, 0.4) is 0 Å². The predicted octanol–water partition coefficient (Wildman–Crippen LogP) is 3.14. The average molecular weight is 240 g/mol. The molecule has 1 N–H and O–H groups in total. The Hall–Kier alpha value is -0.180. The molecule has 1 saturated carbocycles. The summed E-state index contributed by atoms with van der Waals surface area (Å²) in [6.45, 7) is 8.05. The Morgan fingerprint density at radius 3 is 2.75 bits per heavy atom. The van der Waals surface area contributed by atoms with Crippen LogP contribution in [0.15, 0.2) is 4.99 Å². The minimum Gasteiger partial charge on any atom is -0.362 e. The standard InChI is InChI=1S/C13H24N2S/c1-9-7-14-13(16-8-9)15-12-6-4-5-10(2)11(12)3/h9-12H,4-8H2,1-3H3,(H,14,15). The van der Waals surface area contributed by atoms with Gasteiger partial charge in [0.1, 0.15) is 0 Å². The first kappa shape index (κ1) is 12.3. The van der Waals surface area contributed by atoms with E-state index in [1.807, 2.05) is 11.8 Å². The smallest absolute Gasteiger partial charge is 0.156 e. The maximum atomic E-state index is 4.63. The van der Waals surface area contributed by atoms with Crippen LogP contribution in [-0.4, -0.2) is 23.5 Å². The summed E-state index contributed by atoms with van der Waals surface area (Å²) in [6, 6.07) is 0.656. The lowest BCUT2D eigenvalue weighted by atomic mass is 9.78. The summed E-state index contributed by atoms with van der Waals surface area (Å²) in [5.41, 5.74) is 0. The SMILES string of the molecule is CC1CN=C(NC2CCCC(C)C2C)SC1. The highest BCUT2D eigenvalue weighted by Gasteiger charge is 2.28. The van der Waals surface area contributed by atoms with Crippen molar-refractivity contribution in [2.45, 2.75) is 46.1 Å². The number of thioether (sulfide) groups is 1. The van der Waals surface area contributed by atoms with E-state index in [-0.39, 0.29) is 0 Å². The number of hydrogen-bond acceptors (Lipinski definition) is 3. The molecule has 2 aliphatic rings. The van der Waals surface area contributed by atoms with Gasteiger partial charge in [-0.05, 0) is 24.2 Å². The van der Waals surface area contributed by atoms with E-state index in [0.29, 0.717) is 6.04 Å². The normalized spacial score (nSPS) is 40.3. The van der Waals surface area contributed by atoms with Crippen LogP contribution in [0.4, 0.5) is 0 Å². The molecule has 92 valence electrons. The van der Waals surface area contributed by atoms with Crippen molar-refractivity contribution in [3.05, 3.63) is 0 Å². The van der Waals surface area contributed by atoms with Crippen LogP contribution in [0.5, 0.6) is 0 Å². The third-order valence-electron chi connectivity index (χ3n) is 4.07. The van der Waals surface area contributed by atoms with Gasteiger partial charge in [0, 0.05) is 18.3 Å². The van der Waals surface area contributed by atoms with E-state index in [1.165, 1.54) is 30.2 Å². The summed E-state index contributed by atoms with van der Waals surface area (Å²) >= 11 is 1.91. The van der Waals surface area contributed by atoms with Crippen molar-refractivity contribution in [2.75, 3.05) is 12.3 Å². The van der Waals surface area contributed by atoms with Crippen LogP contribution < -0.4 is 5.32 Å². The summed E-state index contributed by atoms with van der Waals surface area (Å²) in [4.78, 5) is 4.63. The number of nitrogens with zero attached hydrogens (tertiary/aromatic N) is 1. The highest BCUT2D eigenvalue weighted by molar-refractivity contribution is 8.13. The molecule has 0 spiro atoms. The molecule has 1 aliphatic heterocycles. The van der Waals surface area contributed by atoms with Crippen molar-refractivity contribution in [3.8, 4) is 0 Å². The summed E-state index contributed by atoms with van der Waals surface area (Å²) in [6.07, 6.45) is 4.09. The first-order valence-corrected chi connectivity index (χ1v) is 7.59. The highest BCUT2D eigenvalue weighted by Crippen LogP contribution is 2.30. The van der Waals surface area contributed by atoms with Gasteiger partial charge in [-0.1, -0.05) is 45.4 Å². The van der Waals surface area contributed by atoms with Crippen LogP contribution in [0, 0.1) is 17.8 Å². The summed E-state index contributed by atoms with van der Waals surface area (Å²) in [5.74, 6) is 3.62. The Balaban J connectivity index is 1.89. The predicted molar refractivity (Wildman–Crippen MR) is 73.0 cm³/mol. The molecule has 0 aromatic rings. The maximum Gasteiger partial charge on any atom is 0.156 e. The fourth-order valence-electron chi connectivity index (χ4n) is 2.59. The van der Waals surface area contributed by atoms with E-state index in [1.54, 1.807) is 0 Å². The van der Waals surface area contributed by atoms with Crippen LogP contribution in [0.2, 0.25) is 0 Å². The Morgan fingerprint density at radius 1 is 1.25 bits per heavy atom. The minimum atomic E-state index is 0.656. The van der Waals surface area contributed by atoms with Crippen molar-refractivity contribution < 1.29 is 0 Å². The third kappa shape index (κ3) is 2.93. The fraction of sp³-hybridized carbons (Fsp3) is 0.923. The quantitative estimate of drug-likeness (QED) is 0.761. The molecule has 1 fully saturated rings. The Kier molecular flexibility index (Phi) is 4.17. The van der Waals surface area contributed by atoms with Gasteiger partial charge in [0.25, 0.3) is 0 Å². The molecule has 1 heterocycles. The Morgan fingerprint density at radius 2 is 2.06 bits per heavy atom. The van der Waals surface area contributed by atoms with Crippen LogP contribution in [-0.2, 0) is 0 Å². The molecular formula is C13H24N2S. The van der Waals surface area contributed by atoms with Gasteiger partial charge in [-0.25, -0.2) is 0 Å². The van der Waals surface area contributed by atoms with Gasteiger partial charge in [0.05, 0.1) is 0 Å². The fourth-order valence-corrected chi connectivity index (χ4v) is 3.54. The van der Waals surface area contributed by atoms with E-state index < -0.39 is 0 Å². The second kappa shape index (κ2) is 5.44. The average Bonchev–Trinajstić information content (AvgIpc) is 2.28. The maximum absolute atomic E-state index is 4.63. The van der Waals surface area contributed by atoms with Gasteiger partial charge < -0.3 is 5.32 Å². The van der Waals surface area contributed by atoms with Crippen LogP contribution in [0.1, 0.15) is 40.0 Å². The molecule has 0 aromatic carbocycles. The van der Waals surface area contributed by atoms with Gasteiger partial charge in [0.15, 0.2) is 5.17 Å². The van der Waals surface area contributed by atoms with Crippen molar-refractivity contribution in [1.82, 2.24) is 5.32 Å².